The van der Waals surface area contributed by atoms with Crippen molar-refractivity contribution in [2.45, 2.75) is 141 Å². The van der Waals surface area contributed by atoms with Crippen LogP contribution in [0.2, 0.25) is 0 Å². The molecule has 0 aromatic carbocycles. The molecule has 1 rings (SSSR count). The number of ether oxygens (including phenoxy) is 2. The summed E-state index contributed by atoms with van der Waals surface area (Å²) in [6.45, 7) is 15.0. The maximum absolute atomic E-state index is 11.9. The number of carbonyl (C=O) groups is 1. The third-order valence-corrected chi connectivity index (χ3v) is 8.20. The van der Waals surface area contributed by atoms with Gasteiger partial charge in [-0.25, -0.2) is 0 Å². The van der Waals surface area contributed by atoms with Crippen LogP contribution in [0.4, 0.5) is 0 Å². The van der Waals surface area contributed by atoms with Gasteiger partial charge in [0, 0.05) is 25.0 Å². The molecule has 7 N–H and O–H groups in total. The summed E-state index contributed by atoms with van der Waals surface area (Å²) in [7, 11) is 1.90. The first-order valence-corrected chi connectivity index (χ1v) is 14.1. The van der Waals surface area contributed by atoms with Gasteiger partial charge in [0.25, 0.3) is 0 Å². The normalized spacial score (nSPS) is 30.5. The summed E-state index contributed by atoms with van der Waals surface area (Å²) in [4.78, 5) is 13.9. The Morgan fingerprint density at radius 2 is 1.76 bits per heavy atom. The second-order valence-corrected chi connectivity index (χ2v) is 12.6. The fourth-order valence-corrected chi connectivity index (χ4v) is 6.01. The highest BCUT2D eigenvalue weighted by Gasteiger charge is 2.40. The average molecular weight is 549 g/mol. The fourth-order valence-electron chi connectivity index (χ4n) is 6.01. The van der Waals surface area contributed by atoms with Crippen molar-refractivity contribution in [1.29, 1.82) is 0 Å². The van der Waals surface area contributed by atoms with Gasteiger partial charge in [0.1, 0.15) is 0 Å². The van der Waals surface area contributed by atoms with E-state index in [-0.39, 0.29) is 24.3 Å². The molecule has 1 fully saturated rings. The smallest absolute Gasteiger partial charge is 0.308 e. The number of nitrogens with zero attached hydrogens (tertiary/aromatic N) is 1. The van der Waals surface area contributed by atoms with Crippen molar-refractivity contribution in [3.8, 4) is 0 Å². The van der Waals surface area contributed by atoms with Crippen LogP contribution in [0.15, 0.2) is 0 Å². The number of rotatable bonds is 16. The van der Waals surface area contributed by atoms with Crippen molar-refractivity contribution in [2.75, 3.05) is 13.6 Å². The zero-order chi connectivity index (χ0) is 29.6. The molecule has 12 atom stereocenters. The Hall–Kier alpha value is -0.850. The van der Waals surface area contributed by atoms with E-state index in [1.807, 2.05) is 39.6 Å². The summed E-state index contributed by atoms with van der Waals surface area (Å²) in [5, 5.41) is 52.4. The molecule has 226 valence electrons. The van der Waals surface area contributed by atoms with Gasteiger partial charge in [-0.3, -0.25) is 4.79 Å². The monoisotopic (exact) mass is 548 g/mol. The molecule has 0 spiro atoms. The topological polar surface area (TPSA) is 166 Å². The summed E-state index contributed by atoms with van der Waals surface area (Å²) in [5.74, 6) is -2.10. The van der Waals surface area contributed by atoms with Crippen LogP contribution in [-0.2, 0) is 14.3 Å². The van der Waals surface area contributed by atoms with Crippen LogP contribution in [-0.4, -0.2) is 104 Å². The van der Waals surface area contributed by atoms with Gasteiger partial charge in [-0.2, -0.15) is 0 Å². The van der Waals surface area contributed by atoms with E-state index < -0.39 is 59.8 Å². The van der Waals surface area contributed by atoms with E-state index in [9.17, 15) is 30.3 Å². The van der Waals surface area contributed by atoms with Crippen LogP contribution in [0.3, 0.4) is 0 Å². The van der Waals surface area contributed by atoms with E-state index in [2.05, 4.69) is 0 Å². The molecule has 0 aliphatic carbocycles. The lowest BCUT2D eigenvalue weighted by Crippen LogP contribution is -2.53. The van der Waals surface area contributed by atoms with E-state index in [1.165, 1.54) is 0 Å². The first kappa shape index (κ1) is 35.2. The van der Waals surface area contributed by atoms with Gasteiger partial charge < -0.3 is 45.6 Å². The van der Waals surface area contributed by atoms with Crippen molar-refractivity contribution >= 4 is 5.97 Å². The lowest BCUT2D eigenvalue weighted by Gasteiger charge is -2.41. The van der Waals surface area contributed by atoms with Crippen LogP contribution < -0.4 is 5.73 Å². The van der Waals surface area contributed by atoms with Gasteiger partial charge >= 0.3 is 5.97 Å². The maximum Gasteiger partial charge on any atom is 0.308 e. The average Bonchev–Trinajstić information content (AvgIpc) is 2.78. The van der Waals surface area contributed by atoms with E-state index >= 15 is 0 Å². The molecule has 1 aliphatic heterocycles. The Kier molecular flexibility index (Phi) is 13.6. The standard InChI is InChI=1S/C28H56N2O8/c1-10-11-28(8,36)25(32)19(5)30(9)15-16(2)13-27(7,35)14-17(3)24(18(4)26(33)34)38-22-12-21(29)23(31)20(6)37-22/h16-25,31-32,35-36H,10-15,29H2,1-9H3,(H,33,34)/t16-,17-,18-,19-,20?,21?,22+,23-,24?,25-,27-,28-/m1/s1. The first-order chi connectivity index (χ1) is 17.3. The Morgan fingerprint density at radius 3 is 2.26 bits per heavy atom. The predicted octanol–water partition coefficient (Wildman–Crippen LogP) is 1.95. The highest BCUT2D eigenvalue weighted by molar-refractivity contribution is 5.70. The van der Waals surface area contributed by atoms with Gasteiger partial charge in [-0.15, -0.1) is 0 Å². The number of aliphatic hydroxyl groups is 4. The quantitative estimate of drug-likeness (QED) is 0.168. The highest BCUT2D eigenvalue weighted by atomic mass is 16.7. The first-order valence-electron chi connectivity index (χ1n) is 14.1. The minimum absolute atomic E-state index is 0.0613. The third-order valence-electron chi connectivity index (χ3n) is 8.20. The molecule has 0 radical (unpaired) electrons. The second kappa shape index (κ2) is 14.7. The lowest BCUT2D eigenvalue weighted by atomic mass is 9.80. The predicted molar refractivity (Wildman–Crippen MR) is 146 cm³/mol. The molecule has 1 saturated heterocycles. The summed E-state index contributed by atoms with van der Waals surface area (Å²) >= 11 is 0. The molecule has 1 aliphatic rings. The molecule has 0 amide bonds. The summed E-state index contributed by atoms with van der Waals surface area (Å²) in [6.07, 6.45) is -1.45. The van der Waals surface area contributed by atoms with Crippen LogP contribution in [0, 0.1) is 17.8 Å². The Labute approximate surface area is 229 Å². The fraction of sp³-hybridized carbons (Fsp3) is 0.964. The molecule has 1 heterocycles. The Morgan fingerprint density at radius 1 is 1.18 bits per heavy atom. The number of carboxylic acid groups (broad SMARTS) is 1. The van der Waals surface area contributed by atoms with Gasteiger partial charge in [-0.1, -0.05) is 27.2 Å². The summed E-state index contributed by atoms with van der Waals surface area (Å²) in [5.41, 5.74) is 3.75. The molecule has 10 nitrogen and oxygen atoms in total. The number of carboxylic acids is 1. The number of aliphatic carboxylic acids is 1. The molecule has 3 unspecified atom stereocenters. The molecule has 0 bridgehead atoms. The molecule has 0 aromatic rings. The largest absolute Gasteiger partial charge is 0.481 e. The van der Waals surface area contributed by atoms with Crippen LogP contribution in [0.1, 0.15) is 87.5 Å². The van der Waals surface area contributed by atoms with Crippen molar-refractivity contribution in [2.24, 2.45) is 23.5 Å². The molecule has 0 saturated carbocycles. The Balaban J connectivity index is 2.83. The van der Waals surface area contributed by atoms with Gasteiger partial charge in [0.2, 0.25) is 0 Å². The van der Waals surface area contributed by atoms with E-state index in [1.54, 1.807) is 27.7 Å². The van der Waals surface area contributed by atoms with E-state index in [0.29, 0.717) is 25.8 Å². The van der Waals surface area contributed by atoms with Crippen LogP contribution >= 0.6 is 0 Å². The van der Waals surface area contributed by atoms with Gasteiger partial charge in [-0.05, 0) is 72.8 Å². The van der Waals surface area contributed by atoms with Crippen molar-refractivity contribution in [3.05, 3.63) is 0 Å². The molecular weight excluding hydrogens is 492 g/mol. The zero-order valence-electron chi connectivity index (χ0n) is 25.0. The summed E-state index contributed by atoms with van der Waals surface area (Å²) < 4.78 is 11.9. The number of nitrogens with two attached hydrogens (primary N) is 1. The molecular formula is C28H56N2O8. The zero-order valence-corrected chi connectivity index (χ0v) is 25.0. The molecule has 10 heteroatoms. The van der Waals surface area contributed by atoms with E-state index in [4.69, 9.17) is 15.2 Å². The van der Waals surface area contributed by atoms with Gasteiger partial charge in [0.05, 0.1) is 41.5 Å². The van der Waals surface area contributed by atoms with E-state index in [0.717, 1.165) is 6.42 Å². The molecule has 38 heavy (non-hydrogen) atoms. The SMILES string of the molecule is CCC[C@@](C)(O)[C@H](O)[C@@H](C)N(C)C[C@H](C)C[C@@](C)(O)C[C@@H](C)C(O[C@H]1CC(N)[C@H](O)C(C)O1)[C@@H](C)C(=O)O. The maximum atomic E-state index is 11.9. The number of likely N-dealkylation sites (N-methyl/N-ethyl adjacent to an activating group) is 1. The second-order valence-electron chi connectivity index (χ2n) is 12.6. The van der Waals surface area contributed by atoms with Gasteiger partial charge in [0.15, 0.2) is 6.29 Å². The van der Waals surface area contributed by atoms with Crippen LogP contribution in [0.5, 0.6) is 0 Å². The lowest BCUT2D eigenvalue weighted by molar-refractivity contribution is -0.253. The summed E-state index contributed by atoms with van der Waals surface area (Å²) in [6, 6.07) is -0.813. The molecule has 0 aromatic heterocycles. The minimum atomic E-state index is -1.18. The number of hydrogen-bond donors (Lipinski definition) is 6. The number of aliphatic hydroxyl groups excluding tert-OH is 2. The highest BCUT2D eigenvalue weighted by Crippen LogP contribution is 2.33. The van der Waals surface area contributed by atoms with Crippen molar-refractivity contribution < 1.29 is 39.8 Å². The van der Waals surface area contributed by atoms with Crippen LogP contribution in [0.25, 0.3) is 0 Å². The minimum Gasteiger partial charge on any atom is -0.481 e. The third kappa shape index (κ3) is 10.3. The number of hydrogen-bond acceptors (Lipinski definition) is 9. The van der Waals surface area contributed by atoms with Crippen molar-refractivity contribution in [3.63, 3.8) is 0 Å². The Bertz CT molecular complexity index is 709. The van der Waals surface area contributed by atoms with Crippen molar-refractivity contribution in [1.82, 2.24) is 4.90 Å².